The number of amidine groups is 1. The molecule has 0 radical (unpaired) electrons. The van der Waals surface area contributed by atoms with Gasteiger partial charge in [0.25, 0.3) is 0 Å². The van der Waals surface area contributed by atoms with Crippen LogP contribution < -0.4 is 20.3 Å². The second kappa shape index (κ2) is 12.6. The predicted octanol–water partition coefficient (Wildman–Crippen LogP) is 3.55. The van der Waals surface area contributed by atoms with Crippen LogP contribution in [0.2, 0.25) is 0 Å². The molecular weight excluding hydrogens is 603 g/mol. The summed E-state index contributed by atoms with van der Waals surface area (Å²) in [5, 5.41) is 25.6. The van der Waals surface area contributed by atoms with Crippen LogP contribution in [-0.4, -0.2) is 92.6 Å². The van der Waals surface area contributed by atoms with Gasteiger partial charge in [0.05, 0.1) is 11.3 Å². The van der Waals surface area contributed by atoms with Gasteiger partial charge in [-0.15, -0.1) is 10.2 Å². The van der Waals surface area contributed by atoms with Crippen molar-refractivity contribution in [2.45, 2.75) is 30.8 Å². The minimum atomic E-state index is -2.95. The third kappa shape index (κ3) is 6.63. The van der Waals surface area contributed by atoms with E-state index in [1.807, 2.05) is 54.2 Å². The fourth-order valence-electron chi connectivity index (χ4n) is 4.94. The van der Waals surface area contributed by atoms with Crippen molar-refractivity contribution in [1.29, 1.82) is 5.41 Å². The van der Waals surface area contributed by atoms with Crippen LogP contribution in [0, 0.1) is 5.41 Å². The number of aromatic nitrogens is 3. The van der Waals surface area contributed by atoms with Crippen LogP contribution >= 0.6 is 32.0 Å². The number of hydrogen-bond donors (Lipinski definition) is 6. The zero-order valence-electron chi connectivity index (χ0n) is 23.0. The number of aryl methyl sites for hydroxylation is 1. The standard InChI is InChI=1S/C25H36FN10OPS3/c1-3-20-31-32-24(40-20)33-41(37,38)18-6-4-17(5-7-18)30-25(39)35-12-10-34(11-13-35)22(27)21-19(14-29-23(21)28-2)36-9-8-16(26)15-36/h4-7,14,16,27-29,41H,3,8-13,15,38H2,1-2H3,(H,30,39)(H,32,33,37)/t16-/m0/s1. The summed E-state index contributed by atoms with van der Waals surface area (Å²) in [4.78, 5) is 9.99. The van der Waals surface area contributed by atoms with Crippen LogP contribution in [0.1, 0.15) is 23.9 Å². The van der Waals surface area contributed by atoms with E-state index in [-0.39, 0.29) is 0 Å². The lowest BCUT2D eigenvalue weighted by molar-refractivity contribution is 0.261. The summed E-state index contributed by atoms with van der Waals surface area (Å²) in [5.41, 5.74) is 2.44. The van der Waals surface area contributed by atoms with Crippen molar-refractivity contribution < 1.29 is 8.60 Å². The number of hydrogen-bond acceptors (Lipinski definition) is 8. The molecule has 5 rings (SSSR count). The lowest BCUT2D eigenvalue weighted by atomic mass is 10.2. The molecule has 0 spiro atoms. The highest BCUT2D eigenvalue weighted by Crippen LogP contribution is 2.33. The zero-order chi connectivity index (χ0) is 29.1. The number of piperazine rings is 1. The number of H-pyrrole nitrogens is 1. The number of thiol groups is 1. The summed E-state index contributed by atoms with van der Waals surface area (Å²) >= 11 is 7.09. The topological polar surface area (TPSA) is 128 Å². The Labute approximate surface area is 251 Å². The number of nitrogens with one attached hydrogen (secondary N) is 5. The molecule has 0 amide bonds. The Morgan fingerprint density at radius 2 is 1.93 bits per heavy atom. The van der Waals surface area contributed by atoms with Crippen LogP contribution in [0.3, 0.4) is 0 Å². The molecule has 5 N–H and O–H groups in total. The van der Waals surface area contributed by atoms with Gasteiger partial charge in [0.15, 0.2) is 5.11 Å². The minimum absolute atomic E-state index is 0.351. The number of thiocarbonyl (C=S) groups is 1. The second-order valence-corrected chi connectivity index (χ2v) is 15.6. The fourth-order valence-corrected chi connectivity index (χ4v) is 8.58. The van der Waals surface area contributed by atoms with Crippen LogP contribution in [0.25, 0.3) is 0 Å². The van der Waals surface area contributed by atoms with Gasteiger partial charge in [-0.3, -0.25) is 14.3 Å². The summed E-state index contributed by atoms with van der Waals surface area (Å²) < 4.78 is 30.2. The first-order chi connectivity index (χ1) is 19.7. The van der Waals surface area contributed by atoms with Gasteiger partial charge >= 0.3 is 0 Å². The van der Waals surface area contributed by atoms with E-state index in [1.54, 1.807) is 0 Å². The molecular formula is C25H36FN10OPS3. The molecule has 1 aromatic carbocycles. The summed E-state index contributed by atoms with van der Waals surface area (Å²) in [6, 6.07) is 7.34. The molecule has 2 aromatic heterocycles. The molecule has 2 aliphatic rings. The summed E-state index contributed by atoms with van der Waals surface area (Å²) in [5.74, 6) is 1.17. The first-order valence-corrected chi connectivity index (χ1v) is 18.0. The Morgan fingerprint density at radius 1 is 1.22 bits per heavy atom. The highest BCUT2D eigenvalue weighted by atomic mass is 32.8. The molecule has 2 saturated heterocycles. The molecule has 0 aliphatic carbocycles. The van der Waals surface area contributed by atoms with Gasteiger partial charge in [-0.25, -0.2) is 4.39 Å². The second-order valence-electron chi connectivity index (χ2n) is 9.93. The van der Waals surface area contributed by atoms with Crippen LogP contribution in [0.5, 0.6) is 0 Å². The van der Waals surface area contributed by atoms with E-state index >= 15 is 0 Å². The fraction of sp³-hybridized carbons (Fsp3) is 0.440. The molecule has 222 valence electrons. The first kappa shape index (κ1) is 29.6. The number of benzene rings is 1. The minimum Gasteiger partial charge on any atom is -0.374 e. The van der Waals surface area contributed by atoms with E-state index < -0.39 is 15.9 Å². The zero-order valence-corrected chi connectivity index (χ0v) is 26.7. The summed E-state index contributed by atoms with van der Waals surface area (Å²) in [6.07, 6.45) is 2.31. The number of rotatable bonds is 8. The van der Waals surface area contributed by atoms with Crippen molar-refractivity contribution in [3.05, 3.63) is 41.0 Å². The number of anilines is 4. The van der Waals surface area contributed by atoms with Crippen LogP contribution in [0.15, 0.2) is 35.4 Å². The van der Waals surface area contributed by atoms with Crippen LogP contribution in [-0.2, 0) is 16.2 Å². The quantitative estimate of drug-likeness (QED) is 0.0722. The van der Waals surface area contributed by atoms with Gasteiger partial charge in [0.2, 0.25) is 5.13 Å². The van der Waals surface area contributed by atoms with Crippen molar-refractivity contribution in [1.82, 2.24) is 25.0 Å². The molecule has 11 nitrogen and oxygen atoms in total. The molecule has 3 aromatic rings. The largest absolute Gasteiger partial charge is 0.374 e. The molecule has 1 unspecified atom stereocenters. The average molecular weight is 639 g/mol. The van der Waals surface area contributed by atoms with E-state index in [4.69, 9.17) is 17.6 Å². The molecule has 0 bridgehead atoms. The third-order valence-electron chi connectivity index (χ3n) is 7.23. The van der Waals surface area contributed by atoms with Crippen molar-refractivity contribution in [3.8, 4) is 0 Å². The molecule has 41 heavy (non-hydrogen) atoms. The van der Waals surface area contributed by atoms with E-state index in [2.05, 4.69) is 43.9 Å². The SMILES string of the molecule is CCc1nnc(N[SH](=O)(P)c2ccc(NC(=S)N3CCN(C(=N)c4c(N5CC[C@H](F)C5)c[nH]c4NC)CC3)cc2)s1. The summed E-state index contributed by atoms with van der Waals surface area (Å²) in [7, 11) is 1.29. The monoisotopic (exact) mass is 638 g/mol. The average Bonchev–Trinajstić information content (AvgIpc) is 3.72. The van der Waals surface area contributed by atoms with E-state index in [9.17, 15) is 8.60 Å². The Bertz CT molecular complexity index is 1440. The van der Waals surface area contributed by atoms with Gasteiger partial charge in [-0.2, -0.15) is 0 Å². The Balaban J connectivity index is 1.16. The van der Waals surface area contributed by atoms with Crippen molar-refractivity contribution in [2.75, 3.05) is 66.6 Å². The van der Waals surface area contributed by atoms with Gasteiger partial charge in [-0.1, -0.05) is 18.3 Å². The number of alkyl halides is 1. The molecule has 2 fully saturated rings. The van der Waals surface area contributed by atoms with Gasteiger partial charge < -0.3 is 30.3 Å². The number of nitrogens with zero attached hydrogens (tertiary/aromatic N) is 5. The Hall–Kier alpha value is -2.87. The van der Waals surface area contributed by atoms with E-state index in [0.29, 0.717) is 66.7 Å². The molecule has 2 atom stereocenters. The highest BCUT2D eigenvalue weighted by molar-refractivity contribution is 8.46. The predicted molar refractivity (Wildman–Crippen MR) is 175 cm³/mol. The Morgan fingerprint density at radius 3 is 2.54 bits per heavy atom. The van der Waals surface area contributed by atoms with Gasteiger partial charge in [0, 0.05) is 63.1 Å². The maximum Gasteiger partial charge on any atom is 0.216 e. The third-order valence-corrected chi connectivity index (χ3v) is 11.6. The van der Waals surface area contributed by atoms with Crippen LogP contribution in [0.4, 0.5) is 26.7 Å². The molecule has 2 aliphatic heterocycles. The van der Waals surface area contributed by atoms with Crippen molar-refractivity contribution in [3.63, 3.8) is 0 Å². The van der Waals surface area contributed by atoms with Gasteiger partial charge in [-0.05, 0) is 67.5 Å². The number of aromatic amines is 1. The Kier molecular flexibility index (Phi) is 9.07. The first-order valence-electron chi connectivity index (χ1n) is 13.5. The van der Waals surface area contributed by atoms with Crippen molar-refractivity contribution >= 4 is 75.0 Å². The van der Waals surface area contributed by atoms with Gasteiger partial charge in [0.1, 0.15) is 22.8 Å². The maximum absolute atomic E-state index is 13.9. The van der Waals surface area contributed by atoms with E-state index in [1.165, 1.54) is 11.3 Å². The van der Waals surface area contributed by atoms with Crippen molar-refractivity contribution in [2.24, 2.45) is 0 Å². The van der Waals surface area contributed by atoms with E-state index in [0.717, 1.165) is 34.2 Å². The maximum atomic E-state index is 13.9. The smallest absolute Gasteiger partial charge is 0.216 e. The highest BCUT2D eigenvalue weighted by Gasteiger charge is 2.30. The lowest BCUT2D eigenvalue weighted by Gasteiger charge is -2.38. The normalized spacial score (nSPS) is 18.0. The molecule has 0 saturated carbocycles. The summed E-state index contributed by atoms with van der Waals surface area (Å²) in [6.45, 7) is 5.57. The molecule has 4 heterocycles. The molecule has 16 heteroatoms. The lowest BCUT2D eigenvalue weighted by Crippen LogP contribution is -2.51. The number of halogens is 1.